The number of para-hydroxylation sites is 1. The normalized spacial score (nSPS) is 10.4. The van der Waals surface area contributed by atoms with E-state index in [2.05, 4.69) is 10.5 Å². The Labute approximate surface area is 120 Å². The summed E-state index contributed by atoms with van der Waals surface area (Å²) >= 11 is 0. The first-order valence-electron chi connectivity index (χ1n) is 6.14. The fourth-order valence-corrected chi connectivity index (χ4v) is 1.93. The van der Waals surface area contributed by atoms with Crippen LogP contribution in [0.5, 0.6) is 0 Å². The predicted molar refractivity (Wildman–Crippen MR) is 74.7 cm³/mol. The molecular weight excluding hydrogens is 276 g/mol. The van der Waals surface area contributed by atoms with Crippen LogP contribution in [0.1, 0.15) is 27.4 Å². The highest BCUT2D eigenvalue weighted by Crippen LogP contribution is 2.24. The molecule has 0 atom stereocenters. The first-order chi connectivity index (χ1) is 9.91. The number of aromatic nitrogens is 1. The molecule has 8 nitrogen and oxygen atoms in total. The van der Waals surface area contributed by atoms with E-state index in [1.807, 2.05) is 0 Å². The molecule has 0 radical (unpaired) electrons. The number of hydrogen-bond donors (Lipinski definition) is 2. The predicted octanol–water partition coefficient (Wildman–Crippen LogP) is 1.71. The summed E-state index contributed by atoms with van der Waals surface area (Å²) in [6, 6.07) is 4.10. The minimum Gasteiger partial charge on any atom is -0.393 e. The van der Waals surface area contributed by atoms with E-state index in [1.54, 1.807) is 13.8 Å². The fraction of sp³-hybridized carbons (Fsp3) is 0.231. The minimum absolute atomic E-state index is 0.0657. The molecule has 8 heteroatoms. The van der Waals surface area contributed by atoms with Crippen molar-refractivity contribution >= 4 is 17.3 Å². The lowest BCUT2D eigenvalue weighted by atomic mass is 10.1. The summed E-state index contributed by atoms with van der Waals surface area (Å²) in [5, 5.41) is 17.2. The van der Waals surface area contributed by atoms with E-state index in [0.29, 0.717) is 11.5 Å². The van der Waals surface area contributed by atoms with E-state index < -0.39 is 10.8 Å². The largest absolute Gasteiger partial charge is 0.393 e. The number of aryl methyl sites for hydroxylation is 2. The van der Waals surface area contributed by atoms with E-state index in [9.17, 15) is 14.9 Å². The van der Waals surface area contributed by atoms with E-state index >= 15 is 0 Å². The second-order valence-corrected chi connectivity index (χ2v) is 4.48. The molecule has 0 aliphatic rings. The third-order valence-corrected chi connectivity index (χ3v) is 3.13. The average molecular weight is 290 g/mol. The first-order valence-corrected chi connectivity index (χ1v) is 6.14. The molecule has 0 spiro atoms. The second kappa shape index (κ2) is 5.61. The monoisotopic (exact) mass is 290 g/mol. The minimum atomic E-state index is -0.625. The maximum atomic E-state index is 12.1. The highest BCUT2D eigenvalue weighted by molar-refractivity contribution is 6.00. The molecule has 0 aliphatic carbocycles. The van der Waals surface area contributed by atoms with Crippen molar-refractivity contribution in [3.05, 3.63) is 50.9 Å². The lowest BCUT2D eigenvalue weighted by Crippen LogP contribution is -2.24. The second-order valence-electron chi connectivity index (χ2n) is 4.48. The van der Waals surface area contributed by atoms with Gasteiger partial charge in [0.25, 0.3) is 11.6 Å². The van der Waals surface area contributed by atoms with Crippen molar-refractivity contribution < 1.29 is 14.2 Å². The smallest absolute Gasteiger partial charge is 0.292 e. The summed E-state index contributed by atoms with van der Waals surface area (Å²) in [5.74, 6) is 0.121. The maximum absolute atomic E-state index is 12.1. The Kier molecular flexibility index (Phi) is 3.88. The van der Waals surface area contributed by atoms with Crippen molar-refractivity contribution in [3.8, 4) is 0 Å². The van der Waals surface area contributed by atoms with Crippen LogP contribution in [-0.4, -0.2) is 16.0 Å². The zero-order valence-electron chi connectivity index (χ0n) is 11.5. The Bertz CT molecular complexity index is 689. The summed E-state index contributed by atoms with van der Waals surface area (Å²) in [6.45, 7) is 3.71. The van der Waals surface area contributed by atoms with Gasteiger partial charge in [-0.3, -0.25) is 14.9 Å². The molecule has 0 bridgehead atoms. The third-order valence-electron chi connectivity index (χ3n) is 3.13. The average Bonchev–Trinajstić information content (AvgIpc) is 2.75. The number of carbonyl (C=O) groups excluding carboxylic acids is 1. The van der Waals surface area contributed by atoms with Gasteiger partial charge in [-0.15, -0.1) is 0 Å². The topological polar surface area (TPSA) is 124 Å². The molecule has 0 saturated carbocycles. The number of nitrogens with two attached hydrogens (primary N) is 1. The Morgan fingerprint density at radius 3 is 2.76 bits per heavy atom. The number of anilines is 1. The van der Waals surface area contributed by atoms with Crippen molar-refractivity contribution in [3.63, 3.8) is 0 Å². The van der Waals surface area contributed by atoms with Crippen LogP contribution in [0.3, 0.4) is 0 Å². The molecule has 21 heavy (non-hydrogen) atoms. The van der Waals surface area contributed by atoms with Crippen molar-refractivity contribution in [2.24, 2.45) is 0 Å². The van der Waals surface area contributed by atoms with Crippen molar-refractivity contribution in [1.29, 1.82) is 0 Å². The number of nitrogens with one attached hydrogen (secondary N) is 1. The van der Waals surface area contributed by atoms with Gasteiger partial charge in [0.1, 0.15) is 11.4 Å². The van der Waals surface area contributed by atoms with Gasteiger partial charge in [0.15, 0.2) is 0 Å². The molecule has 1 aromatic carbocycles. The van der Waals surface area contributed by atoms with Crippen LogP contribution in [0.15, 0.2) is 22.7 Å². The number of rotatable bonds is 4. The Morgan fingerprint density at radius 2 is 2.19 bits per heavy atom. The van der Waals surface area contributed by atoms with Crippen LogP contribution in [-0.2, 0) is 6.54 Å². The van der Waals surface area contributed by atoms with Crippen LogP contribution in [0.25, 0.3) is 0 Å². The lowest BCUT2D eigenvalue weighted by Gasteiger charge is -2.07. The van der Waals surface area contributed by atoms with Crippen molar-refractivity contribution in [2.45, 2.75) is 20.4 Å². The molecule has 2 rings (SSSR count). The fourth-order valence-electron chi connectivity index (χ4n) is 1.93. The molecule has 0 saturated heterocycles. The number of nitro benzene ring substituents is 1. The van der Waals surface area contributed by atoms with Gasteiger partial charge < -0.3 is 15.6 Å². The van der Waals surface area contributed by atoms with E-state index in [-0.39, 0.29) is 23.5 Å². The molecule has 0 aliphatic heterocycles. The third kappa shape index (κ3) is 2.83. The summed E-state index contributed by atoms with van der Waals surface area (Å²) in [5.41, 5.74) is 6.73. The van der Waals surface area contributed by atoms with Gasteiger partial charge >= 0.3 is 0 Å². The van der Waals surface area contributed by atoms with Gasteiger partial charge in [-0.1, -0.05) is 11.2 Å². The molecule has 0 fully saturated rings. The quantitative estimate of drug-likeness (QED) is 0.501. The van der Waals surface area contributed by atoms with E-state index in [0.717, 1.165) is 5.56 Å². The molecule has 2 aromatic rings. The first kappa shape index (κ1) is 14.5. The highest BCUT2D eigenvalue weighted by Gasteiger charge is 2.19. The number of carbonyl (C=O) groups is 1. The maximum Gasteiger partial charge on any atom is 0.292 e. The van der Waals surface area contributed by atoms with Crippen LogP contribution in [0, 0.1) is 24.0 Å². The molecule has 1 aromatic heterocycles. The number of nitro groups is 1. The number of hydrogen-bond acceptors (Lipinski definition) is 6. The SMILES string of the molecule is Cc1noc(C)c1CNC(=O)c1cccc([N+](=O)[O-])c1N. The molecule has 110 valence electrons. The van der Waals surface area contributed by atoms with Crippen molar-refractivity contribution in [2.75, 3.05) is 5.73 Å². The molecular formula is C13H14N4O4. The number of nitrogens with zero attached hydrogens (tertiary/aromatic N) is 2. The van der Waals surface area contributed by atoms with Gasteiger partial charge in [0.2, 0.25) is 0 Å². The molecule has 0 unspecified atom stereocenters. The Morgan fingerprint density at radius 1 is 1.48 bits per heavy atom. The molecule has 3 N–H and O–H groups in total. The van der Waals surface area contributed by atoms with Gasteiger partial charge in [-0.05, 0) is 19.9 Å². The molecule has 1 amide bonds. The van der Waals surface area contributed by atoms with Crippen LogP contribution >= 0.6 is 0 Å². The summed E-state index contributed by atoms with van der Waals surface area (Å²) in [4.78, 5) is 22.3. The number of amides is 1. The highest BCUT2D eigenvalue weighted by atomic mass is 16.6. The van der Waals surface area contributed by atoms with Crippen LogP contribution in [0.4, 0.5) is 11.4 Å². The summed E-state index contributed by atoms with van der Waals surface area (Å²) < 4.78 is 4.99. The van der Waals surface area contributed by atoms with Crippen LogP contribution < -0.4 is 11.1 Å². The Balaban J connectivity index is 2.18. The number of nitrogen functional groups attached to an aromatic ring is 1. The lowest BCUT2D eigenvalue weighted by molar-refractivity contribution is -0.383. The van der Waals surface area contributed by atoms with E-state index in [4.69, 9.17) is 10.3 Å². The Hall–Kier alpha value is -2.90. The van der Waals surface area contributed by atoms with Crippen molar-refractivity contribution in [1.82, 2.24) is 10.5 Å². The summed E-state index contributed by atoms with van der Waals surface area (Å²) in [7, 11) is 0. The van der Waals surface area contributed by atoms with E-state index in [1.165, 1.54) is 18.2 Å². The van der Waals surface area contributed by atoms with Gasteiger partial charge in [0.05, 0.1) is 16.2 Å². The zero-order valence-corrected chi connectivity index (χ0v) is 11.5. The molecule has 1 heterocycles. The zero-order chi connectivity index (χ0) is 15.6. The summed E-state index contributed by atoms with van der Waals surface area (Å²) in [6.07, 6.45) is 0. The van der Waals surface area contributed by atoms with Gasteiger partial charge in [-0.2, -0.15) is 0 Å². The van der Waals surface area contributed by atoms with Crippen LogP contribution in [0.2, 0.25) is 0 Å². The van der Waals surface area contributed by atoms with Gasteiger partial charge in [-0.25, -0.2) is 0 Å². The van der Waals surface area contributed by atoms with Gasteiger partial charge in [0, 0.05) is 18.2 Å². The standard InChI is InChI=1S/C13H14N4O4/c1-7-10(8(2)21-16-7)6-15-13(18)9-4-3-5-11(12(9)14)17(19)20/h3-5H,6,14H2,1-2H3,(H,15,18). The number of benzene rings is 1.